The number of hydrogen-bond acceptors (Lipinski definition) is 5. The molecule has 28 heavy (non-hydrogen) atoms. The molecule has 10 heteroatoms. The van der Waals surface area contributed by atoms with E-state index in [1.165, 1.54) is 17.8 Å². The van der Waals surface area contributed by atoms with Crippen molar-refractivity contribution >= 4 is 46.9 Å². The van der Waals surface area contributed by atoms with Crippen molar-refractivity contribution in [1.29, 1.82) is 0 Å². The van der Waals surface area contributed by atoms with Gasteiger partial charge in [-0.05, 0) is 24.1 Å². The zero-order valence-electron chi connectivity index (χ0n) is 15.5. The maximum atomic E-state index is 12.0. The maximum Gasteiger partial charge on any atom is 0.321 e. The Morgan fingerprint density at radius 2 is 2.07 bits per heavy atom. The van der Waals surface area contributed by atoms with Gasteiger partial charge >= 0.3 is 6.03 Å². The third-order valence-electron chi connectivity index (χ3n) is 3.43. The van der Waals surface area contributed by atoms with E-state index in [9.17, 15) is 9.59 Å². The van der Waals surface area contributed by atoms with Gasteiger partial charge in [0.15, 0.2) is 11.0 Å². The summed E-state index contributed by atoms with van der Waals surface area (Å²) < 4.78 is 1.91. The fraction of sp³-hybridized carbons (Fsp3) is 0.333. The highest BCUT2D eigenvalue weighted by Gasteiger charge is 2.19. The molecule has 0 atom stereocenters. The molecule has 0 aliphatic rings. The number of nitrogens with zero attached hydrogens (tertiary/aromatic N) is 3. The molecule has 2 N–H and O–H groups in total. The number of rotatable bonds is 8. The highest BCUT2D eigenvalue weighted by atomic mass is 35.5. The van der Waals surface area contributed by atoms with Crippen LogP contribution in [0, 0.1) is 5.92 Å². The van der Waals surface area contributed by atoms with E-state index in [-0.39, 0.29) is 12.3 Å². The molecule has 0 bridgehead atoms. The summed E-state index contributed by atoms with van der Waals surface area (Å²) in [5.41, 5.74) is 0.708. The molecule has 0 unspecified atom stereocenters. The number of thioether (sulfide) groups is 1. The Balaban J connectivity index is 2.16. The van der Waals surface area contributed by atoms with E-state index in [1.54, 1.807) is 18.2 Å². The zero-order valence-corrected chi connectivity index (χ0v) is 17.9. The molecule has 2 rings (SSSR count). The predicted octanol–water partition coefficient (Wildman–Crippen LogP) is 4.01. The molecule has 0 spiro atoms. The average Bonchev–Trinajstić information content (AvgIpc) is 3.00. The number of urea groups is 1. The van der Waals surface area contributed by atoms with E-state index in [0.717, 1.165) is 0 Å². The summed E-state index contributed by atoms with van der Waals surface area (Å²) >= 11 is 13.5. The molecule has 1 heterocycles. The van der Waals surface area contributed by atoms with Crippen molar-refractivity contribution in [3.8, 4) is 11.4 Å². The maximum absolute atomic E-state index is 12.0. The highest BCUT2D eigenvalue weighted by Crippen LogP contribution is 2.31. The van der Waals surface area contributed by atoms with Crippen LogP contribution in [0.3, 0.4) is 0 Å². The molecule has 0 aliphatic heterocycles. The lowest BCUT2D eigenvalue weighted by atomic mass is 10.2. The topological polar surface area (TPSA) is 88.9 Å². The normalized spacial score (nSPS) is 10.8. The lowest BCUT2D eigenvalue weighted by molar-refractivity contribution is -0.117. The first-order chi connectivity index (χ1) is 13.3. The molecule has 3 amide bonds. The van der Waals surface area contributed by atoms with Crippen LogP contribution >= 0.6 is 35.0 Å². The highest BCUT2D eigenvalue weighted by molar-refractivity contribution is 7.99. The van der Waals surface area contributed by atoms with Crippen LogP contribution < -0.4 is 10.6 Å². The standard InChI is InChI=1S/C18H21Cl2N5O2S/c1-4-7-21-17(27)22-15(26)10-28-18-24-23-16(25(18)9-11(2)3)13-6-5-12(19)8-14(13)20/h4-6,8,11H,1,7,9-10H2,2-3H3,(H2,21,22,26,27). The van der Waals surface area contributed by atoms with E-state index >= 15 is 0 Å². The van der Waals surface area contributed by atoms with Crippen molar-refractivity contribution in [3.63, 3.8) is 0 Å². The van der Waals surface area contributed by atoms with E-state index in [0.29, 0.717) is 39.1 Å². The van der Waals surface area contributed by atoms with E-state index in [1.807, 2.05) is 4.57 Å². The van der Waals surface area contributed by atoms with Gasteiger partial charge in [-0.3, -0.25) is 10.1 Å². The number of benzene rings is 1. The van der Waals surface area contributed by atoms with Gasteiger partial charge in [0.2, 0.25) is 5.91 Å². The summed E-state index contributed by atoms with van der Waals surface area (Å²) in [7, 11) is 0. The molecule has 150 valence electrons. The first-order valence-electron chi connectivity index (χ1n) is 8.51. The van der Waals surface area contributed by atoms with Gasteiger partial charge in [-0.15, -0.1) is 16.8 Å². The Labute approximate surface area is 177 Å². The monoisotopic (exact) mass is 441 g/mol. The van der Waals surface area contributed by atoms with Gasteiger partial charge in [0.25, 0.3) is 0 Å². The van der Waals surface area contributed by atoms with Crippen molar-refractivity contribution in [2.45, 2.75) is 25.5 Å². The first kappa shape index (κ1) is 22.3. The van der Waals surface area contributed by atoms with Gasteiger partial charge in [0.1, 0.15) is 0 Å². The number of carbonyl (C=O) groups is 2. The lowest BCUT2D eigenvalue weighted by Gasteiger charge is -2.13. The Morgan fingerprint density at radius 1 is 1.32 bits per heavy atom. The van der Waals surface area contributed by atoms with Crippen LogP contribution in [0.15, 0.2) is 36.0 Å². The number of nitrogens with one attached hydrogen (secondary N) is 2. The van der Waals surface area contributed by atoms with Gasteiger partial charge in [-0.25, -0.2) is 4.79 Å². The molecule has 0 aliphatic carbocycles. The molecule has 0 saturated heterocycles. The van der Waals surface area contributed by atoms with Crippen molar-refractivity contribution in [1.82, 2.24) is 25.4 Å². The third kappa shape index (κ3) is 6.25. The van der Waals surface area contributed by atoms with Gasteiger partial charge < -0.3 is 9.88 Å². The minimum atomic E-state index is -0.567. The summed E-state index contributed by atoms with van der Waals surface area (Å²) in [5, 5.41) is 14.7. The van der Waals surface area contributed by atoms with Crippen LogP contribution in [0.1, 0.15) is 13.8 Å². The van der Waals surface area contributed by atoms with Gasteiger partial charge in [0, 0.05) is 23.7 Å². The van der Waals surface area contributed by atoms with Crippen molar-refractivity contribution in [3.05, 3.63) is 40.9 Å². The molecular weight excluding hydrogens is 421 g/mol. The molecule has 0 saturated carbocycles. The van der Waals surface area contributed by atoms with E-state index < -0.39 is 11.9 Å². The van der Waals surface area contributed by atoms with Crippen LogP contribution in [0.25, 0.3) is 11.4 Å². The fourth-order valence-corrected chi connectivity index (χ4v) is 3.54. The average molecular weight is 442 g/mol. The van der Waals surface area contributed by atoms with Crippen molar-refractivity contribution in [2.24, 2.45) is 5.92 Å². The number of hydrogen-bond donors (Lipinski definition) is 2. The Kier molecular flexibility index (Phi) is 8.35. The SMILES string of the molecule is C=CCNC(=O)NC(=O)CSc1nnc(-c2ccc(Cl)cc2Cl)n1CC(C)C. The van der Waals surface area contributed by atoms with Crippen molar-refractivity contribution in [2.75, 3.05) is 12.3 Å². The van der Waals surface area contributed by atoms with Crippen LogP contribution in [-0.4, -0.2) is 39.0 Å². The molecule has 0 fully saturated rings. The molecule has 7 nitrogen and oxygen atoms in total. The minimum absolute atomic E-state index is 0.0199. The van der Waals surface area contributed by atoms with Crippen LogP contribution in [0.4, 0.5) is 4.79 Å². The summed E-state index contributed by atoms with van der Waals surface area (Å²) in [4.78, 5) is 23.5. The second kappa shape index (κ2) is 10.5. The number of halogens is 2. The first-order valence-corrected chi connectivity index (χ1v) is 10.3. The van der Waals surface area contributed by atoms with Gasteiger partial charge in [-0.1, -0.05) is 54.9 Å². The summed E-state index contributed by atoms with van der Waals surface area (Å²) in [6.07, 6.45) is 1.52. The zero-order chi connectivity index (χ0) is 20.7. The molecule has 1 aromatic heterocycles. The quantitative estimate of drug-likeness (QED) is 0.476. The third-order valence-corrected chi connectivity index (χ3v) is 4.94. The lowest BCUT2D eigenvalue weighted by Crippen LogP contribution is -2.40. The van der Waals surface area contributed by atoms with Crippen molar-refractivity contribution < 1.29 is 9.59 Å². The largest absolute Gasteiger partial charge is 0.334 e. The van der Waals surface area contributed by atoms with E-state index in [4.69, 9.17) is 23.2 Å². The number of aromatic nitrogens is 3. The van der Waals surface area contributed by atoms with Crippen LogP contribution in [0.2, 0.25) is 10.0 Å². The van der Waals surface area contributed by atoms with Crippen LogP contribution in [-0.2, 0) is 11.3 Å². The van der Waals surface area contributed by atoms with E-state index in [2.05, 4.69) is 41.3 Å². The number of amides is 3. The second-order valence-corrected chi connectivity index (χ2v) is 8.06. The smallest absolute Gasteiger partial charge is 0.321 e. The second-order valence-electron chi connectivity index (χ2n) is 6.27. The summed E-state index contributed by atoms with van der Waals surface area (Å²) in [5.74, 6) is 0.504. The Bertz CT molecular complexity index is 870. The van der Waals surface area contributed by atoms with Gasteiger partial charge in [0.05, 0.1) is 10.8 Å². The summed E-state index contributed by atoms with van der Waals surface area (Å²) in [6.45, 7) is 8.55. The fourth-order valence-electron chi connectivity index (χ4n) is 2.30. The molecular formula is C18H21Cl2N5O2S. The molecule has 2 aromatic rings. The number of imide groups is 1. The predicted molar refractivity (Wildman–Crippen MR) is 113 cm³/mol. The Morgan fingerprint density at radius 3 is 2.71 bits per heavy atom. The van der Waals surface area contributed by atoms with Gasteiger partial charge in [-0.2, -0.15) is 0 Å². The Hall–Kier alpha value is -2.03. The number of carbonyl (C=O) groups excluding carboxylic acids is 2. The van der Waals surface area contributed by atoms with Crippen LogP contribution in [0.5, 0.6) is 0 Å². The minimum Gasteiger partial charge on any atom is -0.334 e. The summed E-state index contributed by atoms with van der Waals surface area (Å²) in [6, 6.07) is 4.60. The molecule has 1 aromatic carbocycles. The molecule has 0 radical (unpaired) electrons.